The maximum Gasteiger partial charge on any atom is 0.433 e. The molecule has 1 fully saturated rings. The molecule has 12 heteroatoms. The summed E-state index contributed by atoms with van der Waals surface area (Å²) in [6.07, 6.45) is -3.02. The van der Waals surface area contributed by atoms with Crippen molar-refractivity contribution in [1.82, 2.24) is 0 Å². The highest BCUT2D eigenvalue weighted by atomic mass is 35.5. The summed E-state index contributed by atoms with van der Waals surface area (Å²) in [5, 5.41) is 10.6. The van der Waals surface area contributed by atoms with Gasteiger partial charge in [0.05, 0.1) is 20.5 Å². The molecule has 39 heavy (non-hydrogen) atoms. The lowest BCUT2D eigenvalue weighted by Gasteiger charge is -2.33. The zero-order valence-electron chi connectivity index (χ0n) is 20.5. The van der Waals surface area contributed by atoms with Gasteiger partial charge in [-0.1, -0.05) is 41.8 Å². The zero-order valence-corrected chi connectivity index (χ0v) is 22.9. The van der Waals surface area contributed by atoms with Gasteiger partial charge in [0.2, 0.25) is 0 Å². The van der Waals surface area contributed by atoms with Crippen LogP contribution in [0.25, 0.3) is 0 Å². The molecule has 1 saturated carbocycles. The molecular formula is C27H23ClF3NO5S2. The molecule has 0 aliphatic heterocycles. The number of anilines is 1. The monoisotopic (exact) mass is 597 g/mol. The summed E-state index contributed by atoms with van der Waals surface area (Å²) in [5.74, 6) is 4.02. The van der Waals surface area contributed by atoms with Crippen molar-refractivity contribution in [3.63, 3.8) is 0 Å². The Hall–Kier alpha value is -3.04. The van der Waals surface area contributed by atoms with E-state index in [1.807, 2.05) is 5.92 Å². The van der Waals surface area contributed by atoms with Gasteiger partial charge >= 0.3 is 6.18 Å². The first-order chi connectivity index (χ1) is 18.1. The Morgan fingerprint density at radius 2 is 1.54 bits per heavy atom. The van der Waals surface area contributed by atoms with E-state index in [-0.39, 0.29) is 27.8 Å². The summed E-state index contributed by atoms with van der Waals surface area (Å²) in [4.78, 5) is -0.196. The van der Waals surface area contributed by atoms with Gasteiger partial charge in [-0.05, 0) is 73.2 Å². The molecular weight excluding hydrogens is 575 g/mol. The molecule has 1 unspecified atom stereocenters. The van der Waals surface area contributed by atoms with Crippen molar-refractivity contribution >= 4 is 37.1 Å². The lowest BCUT2D eigenvalue weighted by Crippen LogP contribution is -2.44. The van der Waals surface area contributed by atoms with Crippen molar-refractivity contribution in [1.29, 1.82) is 0 Å². The van der Waals surface area contributed by atoms with Crippen LogP contribution in [-0.4, -0.2) is 40.9 Å². The highest BCUT2D eigenvalue weighted by Crippen LogP contribution is 2.47. The molecule has 3 aromatic carbocycles. The van der Waals surface area contributed by atoms with Crippen molar-refractivity contribution in [2.75, 3.05) is 17.1 Å². The fraction of sp³-hybridized carbons (Fsp3) is 0.259. The maximum absolute atomic E-state index is 14.6. The van der Waals surface area contributed by atoms with Gasteiger partial charge in [0.15, 0.2) is 9.84 Å². The molecule has 0 amide bonds. The first-order valence-corrected chi connectivity index (χ1v) is 15.3. The number of halogens is 4. The van der Waals surface area contributed by atoms with E-state index >= 15 is 0 Å². The normalized spacial score (nSPS) is 15.6. The largest absolute Gasteiger partial charge is 0.433 e. The fourth-order valence-electron chi connectivity index (χ4n) is 3.88. The summed E-state index contributed by atoms with van der Waals surface area (Å²) >= 11 is 6.25. The molecule has 0 aromatic heterocycles. The van der Waals surface area contributed by atoms with Crippen molar-refractivity contribution in [2.45, 2.75) is 34.4 Å². The second kappa shape index (κ2) is 10.5. The van der Waals surface area contributed by atoms with Crippen LogP contribution in [-0.2, 0) is 25.5 Å². The Labute approximate surface area is 230 Å². The lowest BCUT2D eigenvalue weighted by molar-refractivity contribution is -0.240. The van der Waals surface area contributed by atoms with Gasteiger partial charge in [-0.25, -0.2) is 16.8 Å². The number of aliphatic hydroxyl groups is 1. The highest BCUT2D eigenvalue weighted by molar-refractivity contribution is 7.92. The standard InChI is InChI=1S/C27H23ClF3NO5S2/c1-38(34,35)21-14-12-19(13-15-21)16-17-26(33,27(29,30)31)25-23(28)8-5-9-24(25)32(18-20-10-11-20)39(36,37)22-6-3-2-4-7-22/h2-9,12-15,20,33H,10-11,18H2,1H3. The summed E-state index contributed by atoms with van der Waals surface area (Å²) < 4.78 is 95.3. The average Bonchev–Trinajstić information content (AvgIpc) is 3.69. The summed E-state index contributed by atoms with van der Waals surface area (Å²) in [6, 6.07) is 15.6. The van der Waals surface area contributed by atoms with Crippen molar-refractivity contribution in [2.24, 2.45) is 5.92 Å². The Morgan fingerprint density at radius 1 is 0.923 bits per heavy atom. The van der Waals surface area contributed by atoms with E-state index in [4.69, 9.17) is 11.6 Å². The predicted octanol–water partition coefficient (Wildman–Crippen LogP) is 5.15. The van der Waals surface area contributed by atoms with Crippen LogP contribution < -0.4 is 4.31 Å². The second-order valence-electron chi connectivity index (χ2n) is 9.18. The fourth-order valence-corrected chi connectivity index (χ4v) is 6.39. The summed E-state index contributed by atoms with van der Waals surface area (Å²) in [6.45, 7) is -0.112. The van der Waals surface area contributed by atoms with E-state index in [0.29, 0.717) is 12.8 Å². The Balaban J connectivity index is 1.90. The molecule has 3 aromatic rings. The van der Waals surface area contributed by atoms with Crippen LogP contribution in [0.4, 0.5) is 18.9 Å². The van der Waals surface area contributed by atoms with Gasteiger partial charge in [-0.3, -0.25) is 4.31 Å². The number of hydrogen-bond acceptors (Lipinski definition) is 5. The topological polar surface area (TPSA) is 91.8 Å². The van der Waals surface area contributed by atoms with Crippen LogP contribution in [0.3, 0.4) is 0 Å². The molecule has 0 radical (unpaired) electrons. The van der Waals surface area contributed by atoms with Crippen LogP contribution in [0.2, 0.25) is 5.02 Å². The molecule has 1 aliphatic carbocycles. The minimum absolute atomic E-state index is 0.00887. The molecule has 4 rings (SSSR count). The third kappa shape index (κ3) is 6.09. The Morgan fingerprint density at radius 3 is 2.08 bits per heavy atom. The summed E-state index contributed by atoms with van der Waals surface area (Å²) in [5.41, 5.74) is -5.24. The zero-order chi connectivity index (χ0) is 28.6. The SMILES string of the molecule is CS(=O)(=O)c1ccc(C#CC(O)(c2c(Cl)cccc2N(CC2CC2)S(=O)(=O)c2ccccc2)C(F)(F)F)cc1. The smallest absolute Gasteiger partial charge is 0.366 e. The minimum Gasteiger partial charge on any atom is -0.366 e. The first-order valence-electron chi connectivity index (χ1n) is 11.6. The Kier molecular flexibility index (Phi) is 7.80. The van der Waals surface area contributed by atoms with Crippen LogP contribution >= 0.6 is 11.6 Å². The van der Waals surface area contributed by atoms with Crippen molar-refractivity contribution in [3.05, 3.63) is 88.9 Å². The predicted molar refractivity (Wildman–Crippen MR) is 142 cm³/mol. The van der Waals surface area contributed by atoms with Crippen molar-refractivity contribution < 1.29 is 35.1 Å². The minimum atomic E-state index is -5.39. The lowest BCUT2D eigenvalue weighted by atomic mass is 9.91. The van der Waals surface area contributed by atoms with E-state index < -0.39 is 47.9 Å². The van der Waals surface area contributed by atoms with E-state index in [2.05, 4.69) is 5.92 Å². The van der Waals surface area contributed by atoms with Gasteiger partial charge in [-0.2, -0.15) is 13.2 Å². The third-order valence-electron chi connectivity index (χ3n) is 6.15. The van der Waals surface area contributed by atoms with Crippen molar-refractivity contribution in [3.8, 4) is 11.8 Å². The van der Waals surface area contributed by atoms with E-state index in [0.717, 1.165) is 22.7 Å². The molecule has 0 bridgehead atoms. The first kappa shape index (κ1) is 29.0. The van der Waals surface area contributed by atoms with Crippen LogP contribution in [0.15, 0.2) is 82.6 Å². The molecule has 1 atom stereocenters. The number of rotatable bonds is 7. The maximum atomic E-state index is 14.6. The van der Waals surface area contributed by atoms with Crippen LogP contribution in [0.1, 0.15) is 24.0 Å². The number of alkyl halides is 3. The van der Waals surface area contributed by atoms with E-state index in [1.165, 1.54) is 54.6 Å². The number of sulfone groups is 1. The Bertz CT molecular complexity index is 1650. The highest BCUT2D eigenvalue weighted by Gasteiger charge is 2.57. The molecule has 1 N–H and O–H groups in total. The number of benzene rings is 3. The van der Waals surface area contributed by atoms with Gasteiger partial charge in [0, 0.05) is 23.9 Å². The molecule has 0 saturated heterocycles. The van der Waals surface area contributed by atoms with E-state index in [9.17, 15) is 35.1 Å². The third-order valence-corrected chi connectivity index (χ3v) is 9.39. The number of sulfonamides is 1. The van der Waals surface area contributed by atoms with Gasteiger partial charge < -0.3 is 5.11 Å². The molecule has 0 heterocycles. The quantitative estimate of drug-likeness (QED) is 0.380. The number of hydrogen-bond donors (Lipinski definition) is 1. The van der Waals surface area contributed by atoms with Crippen LogP contribution in [0, 0.1) is 17.8 Å². The van der Waals surface area contributed by atoms with E-state index in [1.54, 1.807) is 6.07 Å². The van der Waals surface area contributed by atoms with Gasteiger partial charge in [-0.15, -0.1) is 0 Å². The second-order valence-corrected chi connectivity index (χ2v) is 13.5. The molecule has 1 aliphatic rings. The van der Waals surface area contributed by atoms with Gasteiger partial charge in [0.25, 0.3) is 15.6 Å². The molecule has 206 valence electrons. The van der Waals surface area contributed by atoms with Crippen LogP contribution in [0.5, 0.6) is 0 Å². The molecule has 6 nitrogen and oxygen atoms in total. The molecule has 0 spiro atoms. The average molecular weight is 598 g/mol. The summed E-state index contributed by atoms with van der Waals surface area (Å²) in [7, 11) is -7.90. The number of nitrogens with zero attached hydrogens (tertiary/aromatic N) is 1. The van der Waals surface area contributed by atoms with Gasteiger partial charge in [0.1, 0.15) is 0 Å².